The van der Waals surface area contributed by atoms with Gasteiger partial charge in [-0.1, -0.05) is 0 Å². The average molecular weight is 130 g/mol. The van der Waals surface area contributed by atoms with Gasteiger partial charge < -0.3 is 10.1 Å². The zero-order valence-corrected chi connectivity index (χ0v) is 5.77. The Morgan fingerprint density at radius 1 is 1.78 bits per heavy atom. The lowest BCUT2D eigenvalue weighted by Gasteiger charge is -2.00. The minimum atomic E-state index is 0.201. The summed E-state index contributed by atoms with van der Waals surface area (Å²) in [6, 6.07) is 0. The Morgan fingerprint density at radius 3 is 2.89 bits per heavy atom. The quantitative estimate of drug-likeness (QED) is 0.304. The van der Waals surface area contributed by atoms with Gasteiger partial charge in [-0.05, 0) is 0 Å². The van der Waals surface area contributed by atoms with E-state index in [0.717, 1.165) is 0 Å². The van der Waals surface area contributed by atoms with Gasteiger partial charge in [0.2, 0.25) is 5.96 Å². The molecular formula is C5H12N3O. The lowest BCUT2D eigenvalue weighted by molar-refractivity contribution is 0.203. The third-order valence-corrected chi connectivity index (χ3v) is 0.802. The second-order valence-electron chi connectivity index (χ2n) is 1.47. The highest BCUT2D eigenvalue weighted by Gasteiger charge is 1.89. The number of hydrogen-bond acceptors (Lipinski definition) is 2. The standard InChI is InChI=1S/C5H12N3O/c1-7-5(6)8-3-4-9-2/h3-4H2,1-2H3,(H2,6,7). The van der Waals surface area contributed by atoms with Crippen molar-refractivity contribution < 1.29 is 4.74 Å². The smallest absolute Gasteiger partial charge is 0.210 e. The van der Waals surface area contributed by atoms with Gasteiger partial charge in [-0.2, -0.15) is 0 Å². The van der Waals surface area contributed by atoms with E-state index in [9.17, 15) is 0 Å². The van der Waals surface area contributed by atoms with Crippen LogP contribution in [0.5, 0.6) is 0 Å². The van der Waals surface area contributed by atoms with Crippen molar-refractivity contribution in [3.05, 3.63) is 0 Å². The van der Waals surface area contributed by atoms with Gasteiger partial charge >= 0.3 is 0 Å². The summed E-state index contributed by atoms with van der Waals surface area (Å²) in [6.45, 7) is 1.13. The highest BCUT2D eigenvalue weighted by molar-refractivity contribution is 5.75. The largest absolute Gasteiger partial charge is 0.383 e. The Labute approximate surface area is 55.1 Å². The van der Waals surface area contributed by atoms with Crippen molar-refractivity contribution in [3.8, 4) is 0 Å². The highest BCUT2D eigenvalue weighted by Crippen LogP contribution is 1.65. The summed E-state index contributed by atoms with van der Waals surface area (Å²) in [5.41, 5.74) is 0. The maximum absolute atomic E-state index is 6.98. The van der Waals surface area contributed by atoms with E-state index >= 15 is 0 Å². The van der Waals surface area contributed by atoms with Crippen LogP contribution in [0.15, 0.2) is 0 Å². The number of methoxy groups -OCH3 is 1. The zero-order chi connectivity index (χ0) is 7.11. The zero-order valence-electron chi connectivity index (χ0n) is 5.77. The predicted octanol–water partition coefficient (Wildman–Crippen LogP) is -0.609. The van der Waals surface area contributed by atoms with E-state index in [-0.39, 0.29) is 5.96 Å². The second kappa shape index (κ2) is 5.37. The summed E-state index contributed by atoms with van der Waals surface area (Å²) in [5.74, 6) is 0.201. The molecule has 4 nitrogen and oxygen atoms in total. The molecule has 1 radical (unpaired) electrons. The first kappa shape index (κ1) is 8.23. The third kappa shape index (κ3) is 5.10. The van der Waals surface area contributed by atoms with Crippen LogP contribution in [0.3, 0.4) is 0 Å². The maximum Gasteiger partial charge on any atom is 0.210 e. The molecule has 9 heavy (non-hydrogen) atoms. The van der Waals surface area contributed by atoms with Gasteiger partial charge in [0.1, 0.15) is 0 Å². The number of guanidine groups is 1. The van der Waals surface area contributed by atoms with Gasteiger partial charge in [0.25, 0.3) is 0 Å². The van der Waals surface area contributed by atoms with Crippen molar-refractivity contribution in [2.75, 3.05) is 27.3 Å². The molecule has 0 aromatic carbocycles. The van der Waals surface area contributed by atoms with E-state index in [1.54, 1.807) is 14.2 Å². The molecule has 0 aliphatic rings. The third-order valence-electron chi connectivity index (χ3n) is 0.802. The number of nitrogens with zero attached hydrogens (tertiary/aromatic N) is 1. The maximum atomic E-state index is 6.98. The monoisotopic (exact) mass is 130 g/mol. The number of hydrogen-bond donors (Lipinski definition) is 2. The molecule has 0 fully saturated rings. The van der Waals surface area contributed by atoms with Gasteiger partial charge in [-0.25, -0.2) is 5.32 Å². The Hall–Kier alpha value is -0.770. The second-order valence-corrected chi connectivity index (χ2v) is 1.47. The fourth-order valence-corrected chi connectivity index (χ4v) is 0.328. The van der Waals surface area contributed by atoms with Crippen molar-refractivity contribution in [2.45, 2.75) is 0 Å². The summed E-state index contributed by atoms with van der Waals surface area (Å²) < 4.78 is 4.72. The van der Waals surface area contributed by atoms with Crippen LogP contribution in [0.4, 0.5) is 0 Å². The molecular weight excluding hydrogens is 118 g/mol. The van der Waals surface area contributed by atoms with Crippen LogP contribution < -0.4 is 10.6 Å². The summed E-state index contributed by atoms with van der Waals surface area (Å²) in [5, 5.41) is 13.3. The van der Waals surface area contributed by atoms with Crippen LogP contribution in [-0.4, -0.2) is 33.3 Å². The van der Waals surface area contributed by atoms with Crippen LogP contribution in [0.25, 0.3) is 0 Å². The molecule has 0 bridgehead atoms. The minimum Gasteiger partial charge on any atom is -0.383 e. The van der Waals surface area contributed by atoms with Crippen LogP contribution in [0, 0.1) is 5.41 Å². The fourth-order valence-electron chi connectivity index (χ4n) is 0.328. The van der Waals surface area contributed by atoms with E-state index in [2.05, 4.69) is 10.6 Å². The van der Waals surface area contributed by atoms with Crippen LogP contribution in [0.2, 0.25) is 0 Å². The van der Waals surface area contributed by atoms with E-state index in [4.69, 9.17) is 10.1 Å². The molecule has 0 aliphatic heterocycles. The Bertz CT molecular complexity index is 84.3. The molecule has 0 aromatic rings. The molecule has 0 spiro atoms. The summed E-state index contributed by atoms with van der Waals surface area (Å²) in [6.07, 6.45) is 0. The topological polar surface area (TPSA) is 59.2 Å². The minimum absolute atomic E-state index is 0.201. The summed E-state index contributed by atoms with van der Waals surface area (Å²) in [7, 11) is 3.27. The van der Waals surface area contributed by atoms with E-state index < -0.39 is 0 Å². The first-order chi connectivity index (χ1) is 4.31. The van der Waals surface area contributed by atoms with Crippen LogP contribution >= 0.6 is 0 Å². The van der Waals surface area contributed by atoms with Gasteiger partial charge in [-0.15, -0.1) is 0 Å². The van der Waals surface area contributed by atoms with E-state index in [1.165, 1.54) is 0 Å². The predicted molar refractivity (Wildman–Crippen MR) is 35.7 cm³/mol. The molecule has 53 valence electrons. The molecule has 0 saturated heterocycles. The molecule has 0 aromatic heterocycles. The lowest BCUT2D eigenvalue weighted by atomic mass is 10.7. The van der Waals surface area contributed by atoms with Gasteiger partial charge in [0.05, 0.1) is 13.2 Å². The summed E-state index contributed by atoms with van der Waals surface area (Å²) in [4.78, 5) is 0. The Morgan fingerprint density at radius 2 is 2.44 bits per heavy atom. The molecule has 0 saturated carbocycles. The molecule has 0 atom stereocenters. The van der Waals surface area contributed by atoms with Gasteiger partial charge in [0.15, 0.2) is 0 Å². The van der Waals surface area contributed by atoms with Crippen LogP contribution in [-0.2, 0) is 4.74 Å². The Kier molecular flexibility index (Phi) is 4.91. The molecule has 0 aliphatic carbocycles. The Balaban J connectivity index is 2.97. The van der Waals surface area contributed by atoms with Crippen molar-refractivity contribution in [3.63, 3.8) is 0 Å². The van der Waals surface area contributed by atoms with Crippen molar-refractivity contribution in [1.29, 1.82) is 5.41 Å². The summed E-state index contributed by atoms with van der Waals surface area (Å²) >= 11 is 0. The molecule has 0 rings (SSSR count). The normalized spacial score (nSPS) is 8.67. The molecule has 2 N–H and O–H groups in total. The first-order valence-corrected chi connectivity index (χ1v) is 2.74. The number of ether oxygens (including phenoxy) is 1. The molecule has 4 heteroatoms. The SMILES string of the molecule is CNC(=N)[N]CCOC. The van der Waals surface area contributed by atoms with E-state index in [0.29, 0.717) is 13.2 Å². The highest BCUT2D eigenvalue weighted by atomic mass is 16.5. The van der Waals surface area contributed by atoms with Gasteiger partial charge in [-0.3, -0.25) is 5.41 Å². The average Bonchev–Trinajstić information content (AvgIpc) is 1.89. The van der Waals surface area contributed by atoms with Crippen molar-refractivity contribution >= 4 is 5.96 Å². The lowest BCUT2D eigenvalue weighted by Crippen LogP contribution is -2.29. The molecule has 0 unspecified atom stereocenters. The fraction of sp³-hybridized carbons (Fsp3) is 0.800. The van der Waals surface area contributed by atoms with Crippen molar-refractivity contribution in [1.82, 2.24) is 10.6 Å². The van der Waals surface area contributed by atoms with Crippen molar-refractivity contribution in [2.24, 2.45) is 0 Å². The molecule has 0 amide bonds. The number of rotatable bonds is 3. The van der Waals surface area contributed by atoms with Crippen LogP contribution in [0.1, 0.15) is 0 Å². The number of nitrogens with one attached hydrogen (secondary N) is 2. The first-order valence-electron chi connectivity index (χ1n) is 2.74. The van der Waals surface area contributed by atoms with Gasteiger partial charge in [0, 0.05) is 14.2 Å². The van der Waals surface area contributed by atoms with E-state index in [1.807, 2.05) is 0 Å². The molecule has 0 heterocycles.